The number of likely N-dealkylation sites (N-methyl/N-ethyl adjacent to an activating group) is 1. The first-order valence-electron chi connectivity index (χ1n) is 7.33. The summed E-state index contributed by atoms with van der Waals surface area (Å²) in [4.78, 5) is 13.5. The Bertz CT molecular complexity index is 683. The molecule has 0 radical (unpaired) electrons. The molecule has 0 saturated heterocycles. The van der Waals surface area contributed by atoms with Gasteiger partial charge in [0.05, 0.1) is 7.05 Å². The zero-order valence-corrected chi connectivity index (χ0v) is 14.6. The number of quaternary nitrogens is 1. The normalized spacial score (nSPS) is 12.2. The molecule has 0 bridgehead atoms. The molecule has 0 aromatic heterocycles. The van der Waals surface area contributed by atoms with E-state index in [9.17, 15) is 13.6 Å². The van der Waals surface area contributed by atoms with Crippen molar-refractivity contribution in [3.05, 3.63) is 59.1 Å². The Balaban J connectivity index is 1.83. The van der Waals surface area contributed by atoms with Crippen molar-refractivity contribution in [3.63, 3.8) is 0 Å². The number of anilines is 1. The summed E-state index contributed by atoms with van der Waals surface area (Å²) in [5, 5.41) is 3.44. The van der Waals surface area contributed by atoms with Gasteiger partial charge in [0.1, 0.15) is 6.54 Å². The predicted octanol–water partition coefficient (Wildman–Crippen LogP) is 3.31. The Kier molecular flexibility index (Phi) is 7.02. The fraction of sp³-hybridized carbons (Fsp3) is 0.235. The molecule has 0 aliphatic carbocycles. The Morgan fingerprint density at radius 2 is 1.96 bits per heavy atom. The van der Waals surface area contributed by atoms with E-state index in [-0.39, 0.29) is 5.91 Å². The molecule has 128 valence electrons. The topological polar surface area (TPSA) is 33.5 Å². The maximum Gasteiger partial charge on any atom is 0.288 e. The number of amides is 1. The molecule has 1 amide bonds. The minimum absolute atomic E-state index is 0.135. The summed E-state index contributed by atoms with van der Waals surface area (Å²) >= 11 is 6.43. The molecule has 1 unspecified atom stereocenters. The highest BCUT2D eigenvalue weighted by molar-refractivity contribution is 7.99. The Morgan fingerprint density at radius 3 is 2.58 bits per heavy atom. The number of alkyl halides is 2. The van der Waals surface area contributed by atoms with E-state index < -0.39 is 5.76 Å². The van der Waals surface area contributed by atoms with Crippen LogP contribution in [-0.2, 0) is 11.3 Å². The van der Waals surface area contributed by atoms with Gasteiger partial charge in [0.25, 0.3) is 11.7 Å². The number of hydrogen-bond donors (Lipinski definition) is 2. The molecule has 0 saturated carbocycles. The summed E-state index contributed by atoms with van der Waals surface area (Å²) in [6.45, 7) is 0.970. The molecule has 7 heteroatoms. The van der Waals surface area contributed by atoms with Crippen molar-refractivity contribution in [1.29, 1.82) is 0 Å². The van der Waals surface area contributed by atoms with Crippen molar-refractivity contribution in [1.82, 2.24) is 0 Å². The number of rotatable bonds is 7. The fourth-order valence-corrected chi connectivity index (χ4v) is 2.97. The molecule has 2 aromatic carbocycles. The number of halogens is 3. The molecule has 3 nitrogen and oxygen atoms in total. The fourth-order valence-electron chi connectivity index (χ4n) is 2.26. The molecule has 1 atom stereocenters. The minimum atomic E-state index is -2.45. The van der Waals surface area contributed by atoms with Gasteiger partial charge in [-0.25, -0.2) is 0 Å². The van der Waals surface area contributed by atoms with Crippen molar-refractivity contribution in [2.45, 2.75) is 17.2 Å². The first-order chi connectivity index (χ1) is 11.4. The SMILES string of the molecule is C[NH+](CC(=O)Nc1ccc(SC(F)F)cc1)Cc1cccc(Cl)c1. The summed E-state index contributed by atoms with van der Waals surface area (Å²) in [5.74, 6) is -2.59. The van der Waals surface area contributed by atoms with Gasteiger partial charge in [-0.05, 0) is 36.4 Å². The summed E-state index contributed by atoms with van der Waals surface area (Å²) in [7, 11) is 1.92. The third kappa shape index (κ3) is 6.47. The van der Waals surface area contributed by atoms with Gasteiger partial charge in [-0.1, -0.05) is 35.5 Å². The quantitative estimate of drug-likeness (QED) is 0.732. The standard InChI is InChI=1S/C17H17ClF2N2OS/c1-22(10-12-3-2-4-13(18)9-12)11-16(23)21-14-5-7-15(8-6-14)24-17(19)20/h2-9,17H,10-11H2,1H3,(H,21,23)/p+1. The van der Waals surface area contributed by atoms with E-state index in [1.54, 1.807) is 24.3 Å². The van der Waals surface area contributed by atoms with Gasteiger partial charge in [-0.2, -0.15) is 8.78 Å². The lowest BCUT2D eigenvalue weighted by atomic mass is 10.2. The molecule has 2 rings (SSSR count). The highest BCUT2D eigenvalue weighted by Crippen LogP contribution is 2.26. The van der Waals surface area contributed by atoms with E-state index in [2.05, 4.69) is 5.32 Å². The van der Waals surface area contributed by atoms with E-state index >= 15 is 0 Å². The van der Waals surface area contributed by atoms with E-state index in [0.29, 0.717) is 40.5 Å². The van der Waals surface area contributed by atoms with Crippen molar-refractivity contribution in [2.24, 2.45) is 0 Å². The number of thioether (sulfide) groups is 1. The number of hydrogen-bond acceptors (Lipinski definition) is 2. The second-order valence-electron chi connectivity index (χ2n) is 5.39. The smallest absolute Gasteiger partial charge is 0.288 e. The maximum atomic E-state index is 12.3. The van der Waals surface area contributed by atoms with Crippen LogP contribution in [-0.4, -0.2) is 25.3 Å². The van der Waals surface area contributed by atoms with Gasteiger partial charge >= 0.3 is 0 Å². The number of nitrogens with one attached hydrogen (secondary N) is 2. The summed E-state index contributed by atoms with van der Waals surface area (Å²) in [5.41, 5.74) is 1.65. The lowest BCUT2D eigenvalue weighted by Gasteiger charge is -2.14. The van der Waals surface area contributed by atoms with Gasteiger partial charge in [0.2, 0.25) is 0 Å². The van der Waals surface area contributed by atoms with E-state index in [0.717, 1.165) is 10.5 Å². The van der Waals surface area contributed by atoms with Gasteiger partial charge in [0.15, 0.2) is 6.54 Å². The van der Waals surface area contributed by atoms with Gasteiger partial charge < -0.3 is 10.2 Å². The average molecular weight is 372 g/mol. The van der Waals surface area contributed by atoms with Gasteiger partial charge in [-0.15, -0.1) is 0 Å². The predicted molar refractivity (Wildman–Crippen MR) is 93.8 cm³/mol. The summed E-state index contributed by atoms with van der Waals surface area (Å²) in [6, 6.07) is 13.9. The molecular formula is C17H18ClF2N2OS+. The monoisotopic (exact) mass is 371 g/mol. The van der Waals surface area contributed by atoms with Crippen molar-refractivity contribution in [3.8, 4) is 0 Å². The van der Waals surface area contributed by atoms with Crippen LogP contribution in [0.2, 0.25) is 5.02 Å². The first kappa shape index (κ1) is 18.7. The van der Waals surface area contributed by atoms with Crippen LogP contribution in [0.4, 0.5) is 14.5 Å². The Hall–Kier alpha value is -1.63. The molecule has 0 aliphatic rings. The lowest BCUT2D eigenvalue weighted by Crippen LogP contribution is -3.08. The second kappa shape index (κ2) is 9.01. The van der Waals surface area contributed by atoms with Gasteiger partial charge in [0, 0.05) is 21.2 Å². The third-order valence-corrected chi connectivity index (χ3v) is 4.18. The zero-order chi connectivity index (χ0) is 17.5. The summed E-state index contributed by atoms with van der Waals surface area (Å²) < 4.78 is 24.5. The molecule has 0 fully saturated rings. The van der Waals surface area contributed by atoms with Crippen LogP contribution in [0.1, 0.15) is 5.56 Å². The Morgan fingerprint density at radius 1 is 1.25 bits per heavy atom. The molecular weight excluding hydrogens is 354 g/mol. The van der Waals surface area contributed by atoms with Crippen molar-refractivity contribution >= 4 is 35.0 Å². The number of carbonyl (C=O) groups is 1. The van der Waals surface area contributed by atoms with Gasteiger partial charge in [-0.3, -0.25) is 4.79 Å². The maximum absolute atomic E-state index is 12.3. The van der Waals surface area contributed by atoms with E-state index in [1.807, 2.05) is 31.3 Å². The zero-order valence-electron chi connectivity index (χ0n) is 13.1. The molecule has 0 spiro atoms. The van der Waals surface area contributed by atoms with E-state index in [1.165, 1.54) is 0 Å². The van der Waals surface area contributed by atoms with Crippen molar-refractivity contribution in [2.75, 3.05) is 18.9 Å². The van der Waals surface area contributed by atoms with Crippen LogP contribution < -0.4 is 10.2 Å². The van der Waals surface area contributed by atoms with E-state index in [4.69, 9.17) is 11.6 Å². The second-order valence-corrected chi connectivity index (χ2v) is 6.89. The molecule has 2 aromatic rings. The lowest BCUT2D eigenvalue weighted by molar-refractivity contribution is -0.885. The van der Waals surface area contributed by atoms with Crippen LogP contribution in [0.15, 0.2) is 53.4 Å². The third-order valence-electron chi connectivity index (χ3n) is 3.22. The minimum Gasteiger partial charge on any atom is -0.326 e. The van der Waals surface area contributed by atoms with Crippen LogP contribution in [0, 0.1) is 0 Å². The highest BCUT2D eigenvalue weighted by Gasteiger charge is 2.11. The van der Waals surface area contributed by atoms with Crippen LogP contribution >= 0.6 is 23.4 Å². The number of carbonyl (C=O) groups excluding carboxylic acids is 1. The highest BCUT2D eigenvalue weighted by atomic mass is 35.5. The summed E-state index contributed by atoms with van der Waals surface area (Å²) in [6.07, 6.45) is 0. The van der Waals surface area contributed by atoms with Crippen molar-refractivity contribution < 1.29 is 18.5 Å². The molecule has 24 heavy (non-hydrogen) atoms. The number of benzene rings is 2. The molecule has 2 N–H and O–H groups in total. The largest absolute Gasteiger partial charge is 0.326 e. The Labute approximate surface area is 149 Å². The van der Waals surface area contributed by atoms with Crippen LogP contribution in [0.3, 0.4) is 0 Å². The average Bonchev–Trinajstić information content (AvgIpc) is 2.48. The molecule has 0 heterocycles. The first-order valence-corrected chi connectivity index (χ1v) is 8.58. The van der Waals surface area contributed by atoms with Crippen LogP contribution in [0.5, 0.6) is 0 Å². The molecule has 0 aliphatic heterocycles. The van der Waals surface area contributed by atoms with Crippen LogP contribution in [0.25, 0.3) is 0 Å².